The Kier molecular flexibility index (Phi) is 4.39. The van der Waals surface area contributed by atoms with Crippen LogP contribution in [0, 0.1) is 5.92 Å². The standard InChI is InChI=1S/C12H25NO/c1-4-14-12(11(13)10(2)3)8-6-5-7-9-12/h10-11H,4-9,13H2,1-3H3. The van der Waals surface area contributed by atoms with Crippen LogP contribution in [-0.2, 0) is 4.74 Å². The Hall–Kier alpha value is -0.0800. The van der Waals surface area contributed by atoms with Crippen LogP contribution in [0.2, 0.25) is 0 Å². The van der Waals surface area contributed by atoms with E-state index in [9.17, 15) is 0 Å². The van der Waals surface area contributed by atoms with Gasteiger partial charge in [0.25, 0.3) is 0 Å². The van der Waals surface area contributed by atoms with Crippen molar-refractivity contribution < 1.29 is 4.74 Å². The summed E-state index contributed by atoms with van der Waals surface area (Å²) in [5, 5.41) is 0. The fourth-order valence-corrected chi connectivity index (χ4v) is 2.62. The highest BCUT2D eigenvalue weighted by molar-refractivity contribution is 4.95. The maximum atomic E-state index is 6.29. The smallest absolute Gasteiger partial charge is 0.0834 e. The van der Waals surface area contributed by atoms with Gasteiger partial charge in [0.15, 0.2) is 0 Å². The lowest BCUT2D eigenvalue weighted by Crippen LogP contribution is -2.54. The summed E-state index contributed by atoms with van der Waals surface area (Å²) in [5.41, 5.74) is 6.27. The Morgan fingerprint density at radius 3 is 2.21 bits per heavy atom. The molecule has 1 rings (SSSR count). The molecule has 0 aromatic rings. The van der Waals surface area contributed by atoms with Gasteiger partial charge in [0.2, 0.25) is 0 Å². The average molecular weight is 199 g/mol. The van der Waals surface area contributed by atoms with E-state index in [1.54, 1.807) is 0 Å². The second-order valence-corrected chi connectivity index (χ2v) is 4.83. The average Bonchev–Trinajstić information content (AvgIpc) is 2.18. The number of ether oxygens (including phenoxy) is 1. The fraction of sp³-hybridized carbons (Fsp3) is 1.00. The van der Waals surface area contributed by atoms with Crippen LogP contribution in [0.4, 0.5) is 0 Å². The zero-order chi connectivity index (χ0) is 10.6. The molecule has 1 atom stereocenters. The Morgan fingerprint density at radius 2 is 1.79 bits per heavy atom. The lowest BCUT2D eigenvalue weighted by molar-refractivity contribution is -0.0905. The van der Waals surface area contributed by atoms with Crippen LogP contribution in [0.1, 0.15) is 52.9 Å². The number of hydrogen-bond donors (Lipinski definition) is 1. The molecule has 0 heterocycles. The molecule has 0 spiro atoms. The first-order valence-corrected chi connectivity index (χ1v) is 6.02. The van der Waals surface area contributed by atoms with Gasteiger partial charge in [0, 0.05) is 12.6 Å². The van der Waals surface area contributed by atoms with Gasteiger partial charge in [0.05, 0.1) is 5.60 Å². The van der Waals surface area contributed by atoms with Crippen molar-refractivity contribution in [1.29, 1.82) is 0 Å². The first-order valence-electron chi connectivity index (χ1n) is 6.02. The molecule has 1 saturated carbocycles. The summed E-state index contributed by atoms with van der Waals surface area (Å²) in [5.74, 6) is 0.514. The van der Waals surface area contributed by atoms with Gasteiger partial charge in [-0.3, -0.25) is 0 Å². The van der Waals surface area contributed by atoms with Gasteiger partial charge >= 0.3 is 0 Å². The number of hydrogen-bond acceptors (Lipinski definition) is 2. The van der Waals surface area contributed by atoms with Crippen LogP contribution in [-0.4, -0.2) is 18.2 Å². The van der Waals surface area contributed by atoms with Gasteiger partial charge in [-0.25, -0.2) is 0 Å². The Balaban J connectivity index is 2.68. The molecule has 0 aliphatic heterocycles. The molecule has 2 N–H and O–H groups in total. The lowest BCUT2D eigenvalue weighted by Gasteiger charge is -2.43. The van der Waals surface area contributed by atoms with Crippen LogP contribution in [0.5, 0.6) is 0 Å². The van der Waals surface area contributed by atoms with E-state index in [0.717, 1.165) is 19.4 Å². The highest BCUT2D eigenvalue weighted by Crippen LogP contribution is 2.36. The molecule has 0 aromatic carbocycles. The molecular weight excluding hydrogens is 174 g/mol. The van der Waals surface area contributed by atoms with Crippen LogP contribution in [0.15, 0.2) is 0 Å². The zero-order valence-corrected chi connectivity index (χ0v) is 9.88. The highest BCUT2D eigenvalue weighted by atomic mass is 16.5. The molecule has 0 aromatic heterocycles. The predicted molar refractivity (Wildman–Crippen MR) is 60.3 cm³/mol. The topological polar surface area (TPSA) is 35.2 Å². The molecule has 1 unspecified atom stereocenters. The van der Waals surface area contributed by atoms with Gasteiger partial charge in [-0.2, -0.15) is 0 Å². The summed E-state index contributed by atoms with van der Waals surface area (Å²) in [6, 6.07) is 0.197. The predicted octanol–water partition coefficient (Wildman–Crippen LogP) is 2.71. The Bertz CT molecular complexity index is 156. The minimum atomic E-state index is -0.0127. The van der Waals surface area contributed by atoms with E-state index in [1.807, 2.05) is 0 Å². The molecule has 0 amide bonds. The van der Waals surface area contributed by atoms with Gasteiger partial charge in [-0.05, 0) is 25.7 Å². The third kappa shape index (κ3) is 2.48. The van der Waals surface area contributed by atoms with Crippen LogP contribution >= 0.6 is 0 Å². The molecule has 84 valence electrons. The van der Waals surface area contributed by atoms with Crippen LogP contribution in [0.3, 0.4) is 0 Å². The molecule has 1 fully saturated rings. The van der Waals surface area contributed by atoms with Crippen molar-refractivity contribution in [2.24, 2.45) is 11.7 Å². The third-order valence-electron chi connectivity index (χ3n) is 3.46. The largest absolute Gasteiger partial charge is 0.374 e. The van der Waals surface area contributed by atoms with Crippen molar-refractivity contribution >= 4 is 0 Å². The number of nitrogens with two attached hydrogens (primary N) is 1. The van der Waals surface area contributed by atoms with Crippen molar-refractivity contribution in [1.82, 2.24) is 0 Å². The van der Waals surface area contributed by atoms with E-state index >= 15 is 0 Å². The molecule has 0 radical (unpaired) electrons. The van der Waals surface area contributed by atoms with Crippen molar-refractivity contribution in [3.05, 3.63) is 0 Å². The summed E-state index contributed by atoms with van der Waals surface area (Å²) in [6.07, 6.45) is 6.21. The van der Waals surface area contributed by atoms with E-state index in [0.29, 0.717) is 5.92 Å². The Morgan fingerprint density at radius 1 is 1.21 bits per heavy atom. The highest BCUT2D eigenvalue weighted by Gasteiger charge is 2.39. The summed E-state index contributed by atoms with van der Waals surface area (Å²) in [7, 11) is 0. The molecule has 1 aliphatic rings. The first kappa shape index (κ1) is 12.0. The van der Waals surface area contributed by atoms with Crippen molar-refractivity contribution in [2.45, 2.75) is 64.5 Å². The Labute approximate surface area is 88.2 Å². The van der Waals surface area contributed by atoms with Crippen molar-refractivity contribution in [2.75, 3.05) is 6.61 Å². The second-order valence-electron chi connectivity index (χ2n) is 4.83. The molecule has 0 bridgehead atoms. The van der Waals surface area contributed by atoms with Crippen LogP contribution in [0.25, 0.3) is 0 Å². The SMILES string of the molecule is CCOC1(C(N)C(C)C)CCCCC1. The van der Waals surface area contributed by atoms with Crippen molar-refractivity contribution in [3.8, 4) is 0 Å². The monoisotopic (exact) mass is 199 g/mol. The summed E-state index contributed by atoms with van der Waals surface area (Å²) >= 11 is 0. The molecule has 2 nitrogen and oxygen atoms in total. The maximum Gasteiger partial charge on any atom is 0.0834 e. The molecule has 2 heteroatoms. The van der Waals surface area contributed by atoms with Gasteiger partial charge < -0.3 is 10.5 Å². The third-order valence-corrected chi connectivity index (χ3v) is 3.46. The van der Waals surface area contributed by atoms with E-state index in [2.05, 4.69) is 20.8 Å². The van der Waals surface area contributed by atoms with E-state index in [-0.39, 0.29) is 11.6 Å². The minimum absolute atomic E-state index is 0.0127. The van der Waals surface area contributed by atoms with Crippen LogP contribution < -0.4 is 5.73 Å². The summed E-state index contributed by atoms with van der Waals surface area (Å²) in [4.78, 5) is 0. The lowest BCUT2D eigenvalue weighted by atomic mass is 9.75. The quantitative estimate of drug-likeness (QED) is 0.755. The molecule has 1 aliphatic carbocycles. The zero-order valence-electron chi connectivity index (χ0n) is 9.88. The van der Waals surface area contributed by atoms with Gasteiger partial charge in [-0.1, -0.05) is 33.1 Å². The second kappa shape index (κ2) is 5.13. The molecule has 0 saturated heterocycles. The van der Waals surface area contributed by atoms with E-state index < -0.39 is 0 Å². The van der Waals surface area contributed by atoms with Gasteiger partial charge in [-0.15, -0.1) is 0 Å². The van der Waals surface area contributed by atoms with E-state index in [1.165, 1.54) is 19.3 Å². The molecular formula is C12H25NO. The first-order chi connectivity index (χ1) is 6.62. The maximum absolute atomic E-state index is 6.29. The van der Waals surface area contributed by atoms with Crippen molar-refractivity contribution in [3.63, 3.8) is 0 Å². The fourth-order valence-electron chi connectivity index (χ4n) is 2.62. The summed E-state index contributed by atoms with van der Waals surface area (Å²) < 4.78 is 5.97. The summed E-state index contributed by atoms with van der Waals surface area (Å²) in [6.45, 7) is 7.25. The number of rotatable bonds is 4. The minimum Gasteiger partial charge on any atom is -0.374 e. The normalized spacial score (nSPS) is 23.8. The van der Waals surface area contributed by atoms with Gasteiger partial charge in [0.1, 0.15) is 0 Å². The van der Waals surface area contributed by atoms with E-state index in [4.69, 9.17) is 10.5 Å². The molecule has 14 heavy (non-hydrogen) atoms.